The summed E-state index contributed by atoms with van der Waals surface area (Å²) in [6, 6.07) is 14.1. The van der Waals surface area contributed by atoms with E-state index in [4.69, 9.17) is 14.6 Å². The van der Waals surface area contributed by atoms with E-state index in [0.717, 1.165) is 56.7 Å². The smallest absolute Gasteiger partial charge is 0.328 e. The van der Waals surface area contributed by atoms with Crippen LogP contribution in [0.5, 0.6) is 0 Å². The van der Waals surface area contributed by atoms with Crippen LogP contribution in [0.4, 0.5) is 4.39 Å². The number of rotatable bonds is 9. The molecular formula is C27H28FNO6. The highest BCUT2D eigenvalue weighted by Gasteiger charge is 2.21. The van der Waals surface area contributed by atoms with Gasteiger partial charge in [0.05, 0.1) is 0 Å². The van der Waals surface area contributed by atoms with Gasteiger partial charge >= 0.3 is 11.9 Å². The zero-order valence-electron chi connectivity index (χ0n) is 19.3. The zero-order valence-corrected chi connectivity index (χ0v) is 19.3. The molecule has 1 aromatic heterocycles. The quantitative estimate of drug-likeness (QED) is 0.249. The van der Waals surface area contributed by atoms with Gasteiger partial charge < -0.3 is 14.6 Å². The number of carbonyl (C=O) groups excluding carboxylic acids is 1. The van der Waals surface area contributed by atoms with Gasteiger partial charge in [-0.25, -0.2) is 14.0 Å². The van der Waals surface area contributed by atoms with Crippen LogP contribution >= 0.6 is 0 Å². The summed E-state index contributed by atoms with van der Waals surface area (Å²) in [5, 5.41) is 16.9. The lowest BCUT2D eigenvalue weighted by Gasteiger charge is -2.26. The lowest BCUT2D eigenvalue weighted by molar-refractivity contribution is -0.134. The van der Waals surface area contributed by atoms with Crippen LogP contribution in [-0.2, 0) is 22.6 Å². The predicted molar refractivity (Wildman–Crippen MR) is 129 cm³/mol. The van der Waals surface area contributed by atoms with Gasteiger partial charge in [-0.1, -0.05) is 24.6 Å². The highest BCUT2D eigenvalue weighted by Crippen LogP contribution is 2.30. The molecule has 0 fully saturated rings. The Bertz CT molecular complexity index is 1180. The van der Waals surface area contributed by atoms with Crippen LogP contribution in [0, 0.1) is 5.82 Å². The van der Waals surface area contributed by atoms with Crippen LogP contribution in [0.1, 0.15) is 47.4 Å². The summed E-state index contributed by atoms with van der Waals surface area (Å²) in [5.74, 6) is -1.58. The van der Waals surface area contributed by atoms with Crippen molar-refractivity contribution in [2.24, 2.45) is 0 Å². The molecule has 0 atom stereocenters. The maximum absolute atomic E-state index is 12.9. The molecule has 0 saturated carbocycles. The Morgan fingerprint density at radius 3 is 2.31 bits per heavy atom. The molecule has 3 aromatic rings. The number of furan rings is 1. The van der Waals surface area contributed by atoms with Crippen LogP contribution in [0.3, 0.4) is 0 Å². The van der Waals surface area contributed by atoms with Crippen molar-refractivity contribution in [3.63, 3.8) is 0 Å². The second kappa shape index (κ2) is 12.6. The molecule has 35 heavy (non-hydrogen) atoms. The number of carboxylic acid groups (broad SMARTS) is 2. The van der Waals surface area contributed by atoms with Gasteiger partial charge in [-0.3, -0.25) is 9.69 Å². The van der Waals surface area contributed by atoms with E-state index in [1.807, 2.05) is 12.1 Å². The van der Waals surface area contributed by atoms with Crippen molar-refractivity contribution in [1.29, 1.82) is 0 Å². The fourth-order valence-electron chi connectivity index (χ4n) is 4.00. The van der Waals surface area contributed by atoms with E-state index >= 15 is 0 Å². The summed E-state index contributed by atoms with van der Waals surface area (Å²) in [6.45, 7) is 3.02. The van der Waals surface area contributed by atoms with Gasteiger partial charge in [0.25, 0.3) is 0 Å². The van der Waals surface area contributed by atoms with Gasteiger partial charge in [-0.05, 0) is 49.7 Å². The summed E-state index contributed by atoms with van der Waals surface area (Å²) in [4.78, 5) is 33.7. The van der Waals surface area contributed by atoms with E-state index in [9.17, 15) is 18.8 Å². The molecule has 2 heterocycles. The molecule has 0 unspecified atom stereocenters. The molecule has 7 nitrogen and oxygen atoms in total. The molecule has 184 valence electrons. The number of benzene rings is 2. The van der Waals surface area contributed by atoms with E-state index in [-0.39, 0.29) is 11.6 Å². The normalized spacial score (nSPS) is 13.3. The number of carbonyl (C=O) groups is 3. The fourth-order valence-corrected chi connectivity index (χ4v) is 4.00. The Morgan fingerprint density at radius 2 is 1.63 bits per heavy atom. The zero-order chi connectivity index (χ0) is 25.2. The number of hydrogen-bond acceptors (Lipinski definition) is 5. The first kappa shape index (κ1) is 25.8. The first-order chi connectivity index (χ1) is 16.8. The summed E-state index contributed by atoms with van der Waals surface area (Å²) >= 11 is 0. The fraction of sp³-hybridized carbons (Fsp3) is 0.296. The van der Waals surface area contributed by atoms with Gasteiger partial charge in [0.1, 0.15) is 17.2 Å². The van der Waals surface area contributed by atoms with Crippen LogP contribution in [0.25, 0.3) is 11.0 Å². The van der Waals surface area contributed by atoms with Crippen LogP contribution < -0.4 is 0 Å². The second-order valence-electron chi connectivity index (χ2n) is 8.28. The van der Waals surface area contributed by atoms with E-state index < -0.39 is 11.9 Å². The molecule has 0 bridgehead atoms. The van der Waals surface area contributed by atoms with Crippen molar-refractivity contribution in [3.8, 4) is 0 Å². The number of Topliss-reactive ketones (excluding diaryl/α,β-unsaturated/α-hetero) is 1. The van der Waals surface area contributed by atoms with E-state index in [1.54, 1.807) is 12.1 Å². The second-order valence-corrected chi connectivity index (χ2v) is 8.28. The van der Waals surface area contributed by atoms with Crippen molar-refractivity contribution >= 4 is 28.7 Å². The standard InChI is InChI=1S/C23H24FNO2.C4H4O4/c24-18-11-9-17(10-12-18)21(26)7-2-1-5-14-25-15-13-23-20(16-25)19-6-3-4-8-22(19)27-23;5-3(6)1-2-4(7)8/h3-4,6,8-12H,1-2,5,7,13-16H2;1-2H,(H,5,6)(H,7,8)/b;2-1+. The van der Waals surface area contributed by atoms with Crippen LogP contribution in [0.2, 0.25) is 0 Å². The third-order valence-corrected chi connectivity index (χ3v) is 5.73. The van der Waals surface area contributed by atoms with E-state index in [1.165, 1.54) is 23.1 Å². The molecule has 0 saturated heterocycles. The molecule has 0 aliphatic carbocycles. The topological polar surface area (TPSA) is 108 Å². The minimum absolute atomic E-state index is 0.0995. The minimum Gasteiger partial charge on any atom is -0.478 e. The van der Waals surface area contributed by atoms with Crippen molar-refractivity contribution in [2.45, 2.75) is 38.6 Å². The number of nitrogens with zero attached hydrogens (tertiary/aromatic N) is 1. The summed E-state index contributed by atoms with van der Waals surface area (Å²) in [7, 11) is 0. The predicted octanol–water partition coefficient (Wildman–Crippen LogP) is 5.09. The summed E-state index contributed by atoms with van der Waals surface area (Å²) < 4.78 is 18.9. The Hall–Kier alpha value is -3.78. The maximum atomic E-state index is 12.9. The maximum Gasteiger partial charge on any atom is 0.328 e. The average Bonchev–Trinajstić information content (AvgIpc) is 3.21. The molecule has 0 spiro atoms. The number of para-hydroxylation sites is 1. The lowest BCUT2D eigenvalue weighted by Crippen LogP contribution is -2.30. The van der Waals surface area contributed by atoms with Crippen LogP contribution in [-0.4, -0.2) is 45.9 Å². The van der Waals surface area contributed by atoms with Gasteiger partial charge in [0.15, 0.2) is 5.78 Å². The third kappa shape index (κ3) is 7.89. The molecule has 1 aliphatic rings. The summed E-state index contributed by atoms with van der Waals surface area (Å²) in [5.41, 5.74) is 2.93. The molecule has 4 rings (SSSR count). The van der Waals surface area contributed by atoms with Crippen LogP contribution in [0.15, 0.2) is 65.1 Å². The highest BCUT2D eigenvalue weighted by molar-refractivity contribution is 5.96. The lowest BCUT2D eigenvalue weighted by atomic mass is 10.0. The van der Waals surface area contributed by atoms with Crippen molar-refractivity contribution in [2.75, 3.05) is 13.1 Å². The number of carboxylic acids is 2. The highest BCUT2D eigenvalue weighted by atomic mass is 19.1. The van der Waals surface area contributed by atoms with Crippen molar-refractivity contribution < 1.29 is 33.4 Å². The first-order valence-electron chi connectivity index (χ1n) is 11.5. The Kier molecular flexibility index (Phi) is 9.31. The third-order valence-electron chi connectivity index (χ3n) is 5.73. The van der Waals surface area contributed by atoms with Gasteiger partial charge in [-0.2, -0.15) is 0 Å². The monoisotopic (exact) mass is 481 g/mol. The average molecular weight is 482 g/mol. The number of ketones is 1. The number of aliphatic carboxylic acids is 2. The van der Waals surface area contributed by atoms with Crippen molar-refractivity contribution in [3.05, 3.63) is 83.4 Å². The largest absolute Gasteiger partial charge is 0.478 e. The summed E-state index contributed by atoms with van der Waals surface area (Å²) in [6.07, 6.45) is 5.61. The molecule has 2 N–H and O–H groups in total. The Morgan fingerprint density at radius 1 is 0.943 bits per heavy atom. The molecule has 2 aromatic carbocycles. The molecular weight excluding hydrogens is 453 g/mol. The first-order valence-corrected chi connectivity index (χ1v) is 11.5. The molecule has 1 aliphatic heterocycles. The van der Waals surface area contributed by atoms with Crippen molar-refractivity contribution in [1.82, 2.24) is 4.90 Å². The molecule has 0 radical (unpaired) electrons. The van der Waals surface area contributed by atoms with Gasteiger partial charge in [0.2, 0.25) is 0 Å². The SMILES string of the molecule is O=C(CCCCCN1CCc2oc3ccccc3c2C1)c1ccc(F)cc1.O=C(O)/C=C/C(=O)O. The minimum atomic E-state index is -1.26. The van der Waals surface area contributed by atoms with Gasteiger partial charge in [-0.15, -0.1) is 0 Å². The van der Waals surface area contributed by atoms with E-state index in [2.05, 4.69) is 17.0 Å². The Labute approximate surface area is 202 Å². The Balaban J connectivity index is 0.000000371. The number of halogens is 1. The molecule has 8 heteroatoms. The number of fused-ring (bicyclic) bond motifs is 3. The molecule has 0 amide bonds. The van der Waals surface area contributed by atoms with Gasteiger partial charge in [0, 0.05) is 54.6 Å². The van der Waals surface area contributed by atoms with E-state index in [0.29, 0.717) is 24.1 Å². The number of hydrogen-bond donors (Lipinski definition) is 2. The number of unbranched alkanes of at least 4 members (excludes halogenated alkanes) is 2.